The van der Waals surface area contributed by atoms with Crippen molar-refractivity contribution in [3.05, 3.63) is 23.2 Å². The zero-order chi connectivity index (χ0) is 13.7. The molecule has 1 atom stereocenters. The number of hydrogen-bond acceptors (Lipinski definition) is 4. The number of carbonyl (C=O) groups is 2. The van der Waals surface area contributed by atoms with Crippen LogP contribution in [0.5, 0.6) is 0 Å². The number of rotatable bonds is 6. The van der Waals surface area contributed by atoms with E-state index < -0.39 is 17.9 Å². The summed E-state index contributed by atoms with van der Waals surface area (Å²) in [7, 11) is 1.48. The smallest absolute Gasteiger partial charge is 0.326 e. The number of aryl methyl sites for hydroxylation is 2. The van der Waals surface area contributed by atoms with Crippen molar-refractivity contribution in [1.82, 2.24) is 5.32 Å². The van der Waals surface area contributed by atoms with E-state index in [0.29, 0.717) is 17.1 Å². The number of amides is 1. The molecule has 0 saturated heterocycles. The summed E-state index contributed by atoms with van der Waals surface area (Å²) in [6, 6.07) is 0.618. The molecular weight excluding hydrogens is 238 g/mol. The molecule has 0 aliphatic carbocycles. The second kappa shape index (κ2) is 6.20. The van der Waals surface area contributed by atoms with Gasteiger partial charge in [-0.2, -0.15) is 0 Å². The number of carboxylic acid groups (broad SMARTS) is 1. The Hall–Kier alpha value is -1.82. The van der Waals surface area contributed by atoms with Gasteiger partial charge in [-0.3, -0.25) is 4.79 Å². The monoisotopic (exact) mass is 255 g/mol. The van der Waals surface area contributed by atoms with Crippen LogP contribution in [-0.2, 0) is 9.53 Å². The molecule has 0 fully saturated rings. The average Bonchev–Trinajstić information content (AvgIpc) is 2.63. The SMILES string of the molecule is COCCC(NC(=O)c1cc(C)oc1C)C(=O)O. The van der Waals surface area contributed by atoms with Gasteiger partial charge in [0.2, 0.25) is 0 Å². The van der Waals surface area contributed by atoms with E-state index in [1.807, 2.05) is 0 Å². The van der Waals surface area contributed by atoms with Crippen molar-refractivity contribution in [3.8, 4) is 0 Å². The van der Waals surface area contributed by atoms with Gasteiger partial charge in [0.25, 0.3) is 5.91 Å². The highest BCUT2D eigenvalue weighted by Crippen LogP contribution is 2.13. The molecule has 1 heterocycles. The molecule has 6 heteroatoms. The molecule has 1 rings (SSSR count). The third-order valence-electron chi connectivity index (χ3n) is 2.50. The Morgan fingerprint density at radius 2 is 2.17 bits per heavy atom. The summed E-state index contributed by atoms with van der Waals surface area (Å²) in [4.78, 5) is 22.9. The predicted molar refractivity (Wildman–Crippen MR) is 63.6 cm³/mol. The number of carboxylic acids is 1. The standard InChI is InChI=1S/C12H17NO5/c1-7-6-9(8(2)18-7)11(14)13-10(12(15)16)4-5-17-3/h6,10H,4-5H2,1-3H3,(H,13,14)(H,15,16). The molecule has 1 aromatic rings. The maximum absolute atomic E-state index is 11.9. The molecule has 0 saturated carbocycles. The summed E-state index contributed by atoms with van der Waals surface area (Å²) in [5.74, 6) is -0.451. The van der Waals surface area contributed by atoms with Gasteiger partial charge >= 0.3 is 5.97 Å². The van der Waals surface area contributed by atoms with Gasteiger partial charge in [0.15, 0.2) is 0 Å². The second-order valence-corrected chi connectivity index (χ2v) is 3.97. The minimum absolute atomic E-state index is 0.216. The normalized spacial score (nSPS) is 12.2. The first-order chi connectivity index (χ1) is 8.45. The summed E-state index contributed by atoms with van der Waals surface area (Å²) in [6.45, 7) is 3.65. The third kappa shape index (κ3) is 3.59. The molecule has 1 amide bonds. The van der Waals surface area contributed by atoms with E-state index in [9.17, 15) is 9.59 Å². The van der Waals surface area contributed by atoms with Crippen molar-refractivity contribution >= 4 is 11.9 Å². The van der Waals surface area contributed by atoms with E-state index in [-0.39, 0.29) is 13.0 Å². The van der Waals surface area contributed by atoms with Crippen LogP contribution in [0.15, 0.2) is 10.5 Å². The Balaban J connectivity index is 2.72. The molecule has 0 bridgehead atoms. The molecular formula is C12H17NO5. The van der Waals surface area contributed by atoms with Crippen LogP contribution in [-0.4, -0.2) is 36.7 Å². The lowest BCUT2D eigenvalue weighted by Gasteiger charge is -2.13. The van der Waals surface area contributed by atoms with Gasteiger partial charge in [0.1, 0.15) is 17.6 Å². The Bertz CT molecular complexity index is 438. The predicted octanol–water partition coefficient (Wildman–Crippen LogP) is 1.12. The van der Waals surface area contributed by atoms with Crippen molar-refractivity contribution < 1.29 is 23.8 Å². The summed E-state index contributed by atoms with van der Waals surface area (Å²) < 4.78 is 10.0. The van der Waals surface area contributed by atoms with Crippen molar-refractivity contribution in [3.63, 3.8) is 0 Å². The Morgan fingerprint density at radius 1 is 1.50 bits per heavy atom. The molecule has 0 radical (unpaired) electrons. The number of aliphatic carboxylic acids is 1. The number of hydrogen-bond donors (Lipinski definition) is 2. The minimum atomic E-state index is -1.08. The maximum Gasteiger partial charge on any atom is 0.326 e. The summed E-state index contributed by atoms with van der Waals surface area (Å²) in [5, 5.41) is 11.4. The van der Waals surface area contributed by atoms with Crippen LogP contribution >= 0.6 is 0 Å². The molecule has 1 aromatic heterocycles. The van der Waals surface area contributed by atoms with E-state index in [0.717, 1.165) is 0 Å². The van der Waals surface area contributed by atoms with E-state index in [1.165, 1.54) is 7.11 Å². The summed E-state index contributed by atoms with van der Waals surface area (Å²) >= 11 is 0. The highest BCUT2D eigenvalue weighted by atomic mass is 16.5. The second-order valence-electron chi connectivity index (χ2n) is 3.97. The number of carbonyl (C=O) groups excluding carboxylic acids is 1. The van der Waals surface area contributed by atoms with Crippen molar-refractivity contribution in [2.24, 2.45) is 0 Å². The number of furan rings is 1. The molecule has 2 N–H and O–H groups in total. The Labute approximate surface area is 105 Å². The first kappa shape index (κ1) is 14.2. The fourth-order valence-electron chi connectivity index (χ4n) is 1.59. The quantitative estimate of drug-likeness (QED) is 0.795. The molecule has 0 spiro atoms. The van der Waals surface area contributed by atoms with Crippen LogP contribution < -0.4 is 5.32 Å². The van der Waals surface area contributed by atoms with Crippen LogP contribution in [0.1, 0.15) is 28.3 Å². The number of ether oxygens (including phenoxy) is 1. The molecule has 100 valence electrons. The number of methoxy groups -OCH3 is 1. The molecule has 0 aliphatic heterocycles. The Morgan fingerprint density at radius 3 is 2.61 bits per heavy atom. The van der Waals surface area contributed by atoms with Crippen molar-refractivity contribution in [2.75, 3.05) is 13.7 Å². The topological polar surface area (TPSA) is 88.8 Å². The van der Waals surface area contributed by atoms with Crippen LogP contribution in [0.2, 0.25) is 0 Å². The largest absolute Gasteiger partial charge is 0.480 e. The highest BCUT2D eigenvalue weighted by molar-refractivity contribution is 5.97. The number of nitrogens with one attached hydrogen (secondary N) is 1. The first-order valence-corrected chi connectivity index (χ1v) is 5.55. The molecule has 1 unspecified atom stereocenters. The van der Waals surface area contributed by atoms with Gasteiger partial charge in [0, 0.05) is 20.1 Å². The first-order valence-electron chi connectivity index (χ1n) is 5.55. The van der Waals surface area contributed by atoms with Gasteiger partial charge in [0.05, 0.1) is 5.56 Å². The lowest BCUT2D eigenvalue weighted by Crippen LogP contribution is -2.41. The highest BCUT2D eigenvalue weighted by Gasteiger charge is 2.22. The molecule has 18 heavy (non-hydrogen) atoms. The van der Waals surface area contributed by atoms with Crippen LogP contribution in [0.4, 0.5) is 0 Å². The molecule has 0 aliphatic rings. The van der Waals surface area contributed by atoms with Gasteiger partial charge in [-0.25, -0.2) is 4.79 Å². The van der Waals surface area contributed by atoms with E-state index in [2.05, 4.69) is 5.32 Å². The fourth-order valence-corrected chi connectivity index (χ4v) is 1.59. The van der Waals surface area contributed by atoms with Crippen molar-refractivity contribution in [2.45, 2.75) is 26.3 Å². The van der Waals surface area contributed by atoms with Gasteiger partial charge < -0.3 is 19.6 Å². The molecule has 6 nitrogen and oxygen atoms in total. The van der Waals surface area contributed by atoms with Gasteiger partial charge in [-0.15, -0.1) is 0 Å². The van der Waals surface area contributed by atoms with Crippen LogP contribution in [0, 0.1) is 13.8 Å². The van der Waals surface area contributed by atoms with E-state index in [1.54, 1.807) is 19.9 Å². The zero-order valence-electron chi connectivity index (χ0n) is 10.6. The lowest BCUT2D eigenvalue weighted by molar-refractivity contribution is -0.139. The van der Waals surface area contributed by atoms with Gasteiger partial charge in [-0.05, 0) is 19.9 Å². The van der Waals surface area contributed by atoms with Crippen molar-refractivity contribution in [1.29, 1.82) is 0 Å². The van der Waals surface area contributed by atoms with Gasteiger partial charge in [-0.1, -0.05) is 0 Å². The summed E-state index contributed by atoms with van der Waals surface area (Å²) in [5.41, 5.74) is 0.358. The molecule has 0 aromatic carbocycles. The zero-order valence-corrected chi connectivity index (χ0v) is 10.6. The van der Waals surface area contributed by atoms with Crippen LogP contribution in [0.25, 0.3) is 0 Å². The van der Waals surface area contributed by atoms with E-state index >= 15 is 0 Å². The summed E-state index contributed by atoms with van der Waals surface area (Å²) in [6.07, 6.45) is 0.216. The maximum atomic E-state index is 11.9. The average molecular weight is 255 g/mol. The Kier molecular flexibility index (Phi) is 4.91. The third-order valence-corrected chi connectivity index (χ3v) is 2.50. The van der Waals surface area contributed by atoms with E-state index in [4.69, 9.17) is 14.3 Å². The lowest BCUT2D eigenvalue weighted by atomic mass is 10.1. The van der Waals surface area contributed by atoms with Crippen LogP contribution in [0.3, 0.4) is 0 Å². The minimum Gasteiger partial charge on any atom is -0.480 e. The fraction of sp³-hybridized carbons (Fsp3) is 0.500.